The first-order valence-electron chi connectivity index (χ1n) is 8.50. The number of ether oxygens (including phenoxy) is 1. The first kappa shape index (κ1) is 21.7. The predicted molar refractivity (Wildman–Crippen MR) is 99.2 cm³/mol. The lowest BCUT2D eigenvalue weighted by Crippen LogP contribution is -2.08. The van der Waals surface area contributed by atoms with Crippen molar-refractivity contribution < 1.29 is 17.9 Å². The molecule has 0 bridgehead atoms. The van der Waals surface area contributed by atoms with E-state index in [0.717, 1.165) is 48.4 Å². The van der Waals surface area contributed by atoms with Gasteiger partial charge in [-0.25, -0.2) is 4.98 Å². The van der Waals surface area contributed by atoms with E-state index in [1.165, 1.54) is 6.07 Å². The average Bonchev–Trinajstić information content (AvgIpc) is 2.54. The maximum atomic E-state index is 12.6. The van der Waals surface area contributed by atoms with Crippen LogP contribution in [0.15, 0.2) is 59.1 Å². The van der Waals surface area contributed by atoms with E-state index in [4.69, 9.17) is 4.74 Å². The second-order valence-corrected chi connectivity index (χ2v) is 5.91. The summed E-state index contributed by atoms with van der Waals surface area (Å²) in [5.74, 6) is 0.517. The Morgan fingerprint density at radius 1 is 1.27 bits per heavy atom. The second kappa shape index (κ2) is 9.94. The van der Waals surface area contributed by atoms with Gasteiger partial charge in [0, 0.05) is 17.5 Å². The Bertz CT molecular complexity index is 695. The molecule has 0 spiro atoms. The lowest BCUT2D eigenvalue weighted by atomic mass is 10.00. The molecule has 0 fully saturated rings. The van der Waals surface area contributed by atoms with Gasteiger partial charge in [0.2, 0.25) is 0 Å². The first-order chi connectivity index (χ1) is 12.2. The van der Waals surface area contributed by atoms with Crippen molar-refractivity contribution in [2.75, 3.05) is 0 Å². The fraction of sp³-hybridized carbons (Fsp3) is 0.400. The summed E-state index contributed by atoms with van der Waals surface area (Å²) in [6.45, 7) is 11.8. The lowest BCUT2D eigenvalue weighted by Gasteiger charge is -2.15. The van der Waals surface area contributed by atoms with E-state index in [0.29, 0.717) is 5.76 Å². The molecule has 0 saturated carbocycles. The van der Waals surface area contributed by atoms with E-state index in [2.05, 4.69) is 29.6 Å². The molecule has 0 aliphatic heterocycles. The quantitative estimate of drug-likeness (QED) is 0.299. The molecule has 3 nitrogen and oxygen atoms in total. The van der Waals surface area contributed by atoms with Crippen LogP contribution in [0.4, 0.5) is 13.2 Å². The fourth-order valence-electron chi connectivity index (χ4n) is 2.20. The van der Waals surface area contributed by atoms with Crippen molar-refractivity contribution >= 4 is 5.71 Å². The van der Waals surface area contributed by atoms with E-state index in [1.807, 2.05) is 20.8 Å². The Kier molecular flexibility index (Phi) is 8.29. The molecule has 1 aromatic rings. The van der Waals surface area contributed by atoms with E-state index in [9.17, 15) is 13.2 Å². The summed E-state index contributed by atoms with van der Waals surface area (Å²) in [5.41, 5.74) is 1.69. The van der Waals surface area contributed by atoms with Gasteiger partial charge in [0.1, 0.15) is 17.2 Å². The predicted octanol–water partition coefficient (Wildman–Crippen LogP) is 6.49. The summed E-state index contributed by atoms with van der Waals surface area (Å²) in [4.78, 5) is 7.73. The van der Waals surface area contributed by atoms with Crippen molar-refractivity contribution in [2.24, 2.45) is 4.99 Å². The number of aromatic nitrogens is 1. The van der Waals surface area contributed by atoms with Crippen LogP contribution in [0.3, 0.4) is 0 Å². The topological polar surface area (TPSA) is 34.5 Å². The minimum absolute atomic E-state index is 0.193. The van der Waals surface area contributed by atoms with Crippen LogP contribution >= 0.6 is 0 Å². The van der Waals surface area contributed by atoms with Crippen LogP contribution in [-0.4, -0.2) is 10.7 Å². The Labute approximate surface area is 153 Å². The van der Waals surface area contributed by atoms with E-state index in [-0.39, 0.29) is 5.75 Å². The monoisotopic (exact) mass is 366 g/mol. The van der Waals surface area contributed by atoms with Gasteiger partial charge in [-0.2, -0.15) is 13.2 Å². The van der Waals surface area contributed by atoms with Crippen LogP contribution in [0.1, 0.15) is 52.7 Å². The Balaban J connectivity index is 3.11. The molecule has 0 unspecified atom stereocenters. The largest absolute Gasteiger partial charge is 0.456 e. The molecule has 0 radical (unpaired) electrons. The van der Waals surface area contributed by atoms with Crippen molar-refractivity contribution in [3.63, 3.8) is 0 Å². The smallest absolute Gasteiger partial charge is 0.433 e. The molecule has 1 heterocycles. The fourth-order valence-corrected chi connectivity index (χ4v) is 2.20. The van der Waals surface area contributed by atoms with Crippen molar-refractivity contribution in [2.45, 2.75) is 53.1 Å². The van der Waals surface area contributed by atoms with Crippen LogP contribution in [0.2, 0.25) is 0 Å². The van der Waals surface area contributed by atoms with Crippen molar-refractivity contribution in [1.82, 2.24) is 4.98 Å². The van der Waals surface area contributed by atoms with Crippen LogP contribution in [0.5, 0.6) is 5.75 Å². The third-order valence-electron chi connectivity index (χ3n) is 3.34. The number of hydrogen-bond acceptors (Lipinski definition) is 3. The van der Waals surface area contributed by atoms with E-state index < -0.39 is 11.9 Å². The van der Waals surface area contributed by atoms with Gasteiger partial charge in [0.15, 0.2) is 0 Å². The number of allylic oxidation sites excluding steroid dienone is 2. The zero-order valence-electron chi connectivity index (χ0n) is 15.7. The Hall–Kier alpha value is -2.37. The first-order valence-corrected chi connectivity index (χ1v) is 8.50. The SMILES string of the molecule is C=C(Oc1ccc(C(F)(F)F)nc1)C(=C\N=C(C)C)/C(=C/CC)CCC. The average molecular weight is 366 g/mol. The van der Waals surface area contributed by atoms with Crippen molar-refractivity contribution in [1.29, 1.82) is 0 Å². The molecule has 0 amide bonds. The summed E-state index contributed by atoms with van der Waals surface area (Å²) in [6, 6.07) is 2.12. The molecular weight excluding hydrogens is 341 g/mol. The lowest BCUT2D eigenvalue weighted by molar-refractivity contribution is -0.141. The van der Waals surface area contributed by atoms with Gasteiger partial charge in [0.05, 0.1) is 6.20 Å². The number of rotatable bonds is 8. The van der Waals surface area contributed by atoms with Gasteiger partial charge in [-0.1, -0.05) is 32.9 Å². The molecule has 0 aliphatic rings. The van der Waals surface area contributed by atoms with Crippen LogP contribution < -0.4 is 4.74 Å². The third-order valence-corrected chi connectivity index (χ3v) is 3.34. The van der Waals surface area contributed by atoms with Crippen molar-refractivity contribution in [3.05, 3.63) is 59.8 Å². The van der Waals surface area contributed by atoms with Crippen molar-refractivity contribution in [3.8, 4) is 5.75 Å². The highest BCUT2D eigenvalue weighted by molar-refractivity contribution is 5.79. The number of nitrogens with zero attached hydrogens (tertiary/aromatic N) is 2. The van der Waals surface area contributed by atoms with Gasteiger partial charge in [-0.3, -0.25) is 4.99 Å². The molecule has 142 valence electrons. The molecule has 0 saturated heterocycles. The van der Waals surface area contributed by atoms with Crippen LogP contribution in [-0.2, 0) is 6.18 Å². The van der Waals surface area contributed by atoms with Gasteiger partial charge in [0.25, 0.3) is 0 Å². The number of alkyl halides is 3. The molecule has 1 rings (SSSR count). The molecule has 0 aromatic carbocycles. The molecule has 0 aliphatic carbocycles. The van der Waals surface area contributed by atoms with Gasteiger partial charge in [-0.05, 0) is 44.4 Å². The zero-order valence-corrected chi connectivity index (χ0v) is 15.7. The zero-order chi connectivity index (χ0) is 19.7. The molecule has 26 heavy (non-hydrogen) atoms. The van der Waals surface area contributed by atoms with Gasteiger partial charge in [-0.15, -0.1) is 0 Å². The summed E-state index contributed by atoms with van der Waals surface area (Å²) in [5, 5.41) is 0. The molecular formula is C20H25F3N2O. The van der Waals surface area contributed by atoms with Crippen LogP contribution in [0.25, 0.3) is 0 Å². The minimum Gasteiger partial charge on any atom is -0.456 e. The van der Waals surface area contributed by atoms with Gasteiger partial charge < -0.3 is 4.74 Å². The number of hydrogen-bond donors (Lipinski definition) is 0. The highest BCUT2D eigenvalue weighted by Crippen LogP contribution is 2.30. The summed E-state index contributed by atoms with van der Waals surface area (Å²) >= 11 is 0. The Morgan fingerprint density at radius 3 is 2.42 bits per heavy atom. The standard InChI is InChI=1S/C20H25F3N2O/c1-6-8-16(9-7-2)18(13-24-14(3)4)15(5)26-17-10-11-19(25-12-17)20(21,22)23/h8,10-13H,5-7,9H2,1-4H3/b16-8+,18-13+. The summed E-state index contributed by atoms with van der Waals surface area (Å²) < 4.78 is 43.5. The highest BCUT2D eigenvalue weighted by atomic mass is 19.4. The maximum Gasteiger partial charge on any atom is 0.433 e. The minimum atomic E-state index is -4.48. The maximum absolute atomic E-state index is 12.6. The normalized spacial score (nSPS) is 12.7. The third kappa shape index (κ3) is 6.86. The molecule has 6 heteroatoms. The van der Waals surface area contributed by atoms with Gasteiger partial charge >= 0.3 is 6.18 Å². The molecule has 0 N–H and O–H groups in total. The number of halogens is 3. The van der Waals surface area contributed by atoms with E-state index in [1.54, 1.807) is 6.20 Å². The summed E-state index contributed by atoms with van der Waals surface area (Å²) in [6.07, 6.45) is 2.94. The molecule has 1 aromatic heterocycles. The highest BCUT2D eigenvalue weighted by Gasteiger charge is 2.32. The second-order valence-electron chi connectivity index (χ2n) is 5.91. The van der Waals surface area contributed by atoms with E-state index >= 15 is 0 Å². The number of pyridine rings is 1. The number of aliphatic imine (C=N–C) groups is 1. The molecule has 0 atom stereocenters. The Morgan fingerprint density at radius 2 is 1.96 bits per heavy atom. The van der Waals surface area contributed by atoms with Crippen LogP contribution in [0, 0.1) is 0 Å². The summed E-state index contributed by atoms with van der Waals surface area (Å²) in [7, 11) is 0.